The van der Waals surface area contributed by atoms with Gasteiger partial charge in [0.1, 0.15) is 6.04 Å². The average molecular weight is 281 g/mol. The van der Waals surface area contributed by atoms with E-state index >= 15 is 0 Å². The van der Waals surface area contributed by atoms with E-state index in [0.29, 0.717) is 22.0 Å². The summed E-state index contributed by atoms with van der Waals surface area (Å²) < 4.78 is 0. The Morgan fingerprint density at radius 3 is 2.52 bits per heavy atom. The van der Waals surface area contributed by atoms with Crippen LogP contribution in [0.3, 0.4) is 0 Å². The molecule has 1 aliphatic heterocycles. The molecule has 0 saturated carbocycles. The molecule has 2 N–H and O–H groups in total. The average Bonchev–Trinajstić information content (AvgIpc) is 2.80. The minimum atomic E-state index is -0.924. The zero-order valence-electron chi connectivity index (χ0n) is 10.9. The van der Waals surface area contributed by atoms with Crippen LogP contribution >= 0.6 is 0 Å². The number of fused-ring (bicyclic) bond motifs is 1. The van der Waals surface area contributed by atoms with E-state index in [2.05, 4.69) is 11.4 Å². The molecule has 0 aliphatic carbocycles. The lowest BCUT2D eigenvalue weighted by molar-refractivity contribution is -0.119. The van der Waals surface area contributed by atoms with E-state index in [1.807, 2.05) is 0 Å². The van der Waals surface area contributed by atoms with Gasteiger partial charge in [0.15, 0.2) is 0 Å². The quantitative estimate of drug-likeness (QED) is 0.807. The van der Waals surface area contributed by atoms with Crippen molar-refractivity contribution in [2.24, 2.45) is 0 Å². The van der Waals surface area contributed by atoms with Gasteiger partial charge in [0.05, 0.1) is 23.9 Å². The zero-order valence-corrected chi connectivity index (χ0v) is 10.9. The predicted molar refractivity (Wildman–Crippen MR) is 75.6 cm³/mol. The molecule has 104 valence electrons. The van der Waals surface area contributed by atoms with E-state index in [1.165, 1.54) is 0 Å². The SMILES string of the molecule is N#Cc1ccc(N2C(=O)NC(CO)C2=O)c2ccccc12. The lowest BCUT2D eigenvalue weighted by Gasteiger charge is -2.16. The van der Waals surface area contributed by atoms with Gasteiger partial charge in [-0.15, -0.1) is 0 Å². The van der Waals surface area contributed by atoms with Crippen LogP contribution in [-0.2, 0) is 4.79 Å². The van der Waals surface area contributed by atoms with E-state index in [9.17, 15) is 9.59 Å². The number of nitrogens with one attached hydrogen (secondary N) is 1. The Labute approximate surface area is 120 Å². The lowest BCUT2D eigenvalue weighted by Crippen LogP contribution is -2.33. The molecule has 3 rings (SSSR count). The van der Waals surface area contributed by atoms with Gasteiger partial charge >= 0.3 is 6.03 Å². The third-order valence-corrected chi connectivity index (χ3v) is 3.46. The van der Waals surface area contributed by atoms with Crippen molar-refractivity contribution in [3.8, 4) is 6.07 Å². The van der Waals surface area contributed by atoms with Crippen LogP contribution in [0, 0.1) is 11.3 Å². The molecule has 1 saturated heterocycles. The molecular formula is C15H11N3O3. The molecule has 21 heavy (non-hydrogen) atoms. The van der Waals surface area contributed by atoms with Gasteiger partial charge in [-0.25, -0.2) is 9.69 Å². The van der Waals surface area contributed by atoms with Gasteiger partial charge in [-0.2, -0.15) is 5.26 Å². The smallest absolute Gasteiger partial charge is 0.329 e. The number of carbonyl (C=O) groups excluding carboxylic acids is 2. The molecule has 2 aromatic rings. The lowest BCUT2D eigenvalue weighted by atomic mass is 10.0. The second-order valence-electron chi connectivity index (χ2n) is 4.65. The molecule has 0 radical (unpaired) electrons. The van der Waals surface area contributed by atoms with Crippen molar-refractivity contribution in [1.82, 2.24) is 5.32 Å². The van der Waals surface area contributed by atoms with Crippen molar-refractivity contribution in [2.75, 3.05) is 11.5 Å². The third kappa shape index (κ3) is 1.91. The summed E-state index contributed by atoms with van der Waals surface area (Å²) in [6.07, 6.45) is 0. The number of nitrogens with zero attached hydrogens (tertiary/aromatic N) is 2. The van der Waals surface area contributed by atoms with Crippen LogP contribution in [-0.4, -0.2) is 29.7 Å². The van der Waals surface area contributed by atoms with E-state index in [4.69, 9.17) is 10.4 Å². The van der Waals surface area contributed by atoms with Crippen LogP contribution in [0.2, 0.25) is 0 Å². The fourth-order valence-electron chi connectivity index (χ4n) is 2.46. The van der Waals surface area contributed by atoms with Gasteiger partial charge in [0.25, 0.3) is 5.91 Å². The number of aliphatic hydroxyl groups excluding tert-OH is 1. The van der Waals surface area contributed by atoms with Crippen molar-refractivity contribution >= 4 is 28.4 Å². The van der Waals surface area contributed by atoms with Crippen molar-refractivity contribution in [1.29, 1.82) is 5.26 Å². The second-order valence-corrected chi connectivity index (χ2v) is 4.65. The maximum Gasteiger partial charge on any atom is 0.329 e. The van der Waals surface area contributed by atoms with Gasteiger partial charge in [-0.1, -0.05) is 24.3 Å². The minimum Gasteiger partial charge on any atom is -0.394 e. The van der Waals surface area contributed by atoms with Gasteiger partial charge < -0.3 is 10.4 Å². The van der Waals surface area contributed by atoms with Crippen molar-refractivity contribution in [2.45, 2.75) is 6.04 Å². The summed E-state index contributed by atoms with van der Waals surface area (Å²) in [5.41, 5.74) is 0.878. The number of anilines is 1. The number of benzene rings is 2. The molecular weight excluding hydrogens is 270 g/mol. The van der Waals surface area contributed by atoms with Gasteiger partial charge in [0, 0.05) is 10.8 Å². The van der Waals surface area contributed by atoms with E-state index in [1.54, 1.807) is 36.4 Å². The summed E-state index contributed by atoms with van der Waals surface area (Å²) >= 11 is 0. The molecule has 1 aliphatic rings. The first-order chi connectivity index (χ1) is 10.2. The molecule has 1 fully saturated rings. The fraction of sp³-hybridized carbons (Fsp3) is 0.133. The van der Waals surface area contributed by atoms with E-state index < -0.39 is 24.6 Å². The normalized spacial score (nSPS) is 17.9. The molecule has 0 spiro atoms. The monoisotopic (exact) mass is 281 g/mol. The first-order valence-electron chi connectivity index (χ1n) is 6.34. The Kier molecular flexibility index (Phi) is 3.05. The molecule has 0 aromatic heterocycles. The van der Waals surface area contributed by atoms with Gasteiger partial charge in [-0.05, 0) is 12.1 Å². The number of aliphatic hydroxyl groups is 1. The Morgan fingerprint density at radius 1 is 1.19 bits per heavy atom. The second kappa shape index (κ2) is 4.89. The summed E-state index contributed by atoms with van der Waals surface area (Å²) in [5.74, 6) is -0.502. The van der Waals surface area contributed by atoms with E-state index in [0.717, 1.165) is 4.90 Å². The number of hydrogen-bond donors (Lipinski definition) is 2. The molecule has 1 unspecified atom stereocenters. The zero-order chi connectivity index (χ0) is 15.0. The van der Waals surface area contributed by atoms with Crippen molar-refractivity contribution in [3.63, 3.8) is 0 Å². The molecule has 3 amide bonds. The van der Waals surface area contributed by atoms with E-state index in [-0.39, 0.29) is 0 Å². The van der Waals surface area contributed by atoms with Gasteiger partial charge in [0.2, 0.25) is 0 Å². The van der Waals surface area contributed by atoms with Gasteiger partial charge in [-0.3, -0.25) is 4.79 Å². The topological polar surface area (TPSA) is 93.4 Å². The third-order valence-electron chi connectivity index (χ3n) is 3.46. The molecule has 2 aromatic carbocycles. The van der Waals surface area contributed by atoms with Crippen LogP contribution in [0.25, 0.3) is 10.8 Å². The highest BCUT2D eigenvalue weighted by molar-refractivity contribution is 6.24. The number of imide groups is 1. The number of hydrogen-bond acceptors (Lipinski definition) is 4. The highest BCUT2D eigenvalue weighted by atomic mass is 16.3. The van der Waals surface area contributed by atoms with Crippen LogP contribution in [0.4, 0.5) is 10.5 Å². The standard InChI is InChI=1S/C15H11N3O3/c16-7-9-5-6-13(11-4-2-1-3-10(9)11)18-14(20)12(8-19)17-15(18)21/h1-6,12,19H,8H2,(H,17,21). The minimum absolute atomic E-state index is 0.406. The number of urea groups is 1. The molecule has 1 heterocycles. The number of amides is 3. The van der Waals surface area contributed by atoms with Crippen molar-refractivity contribution in [3.05, 3.63) is 42.0 Å². The van der Waals surface area contributed by atoms with Crippen LogP contribution < -0.4 is 10.2 Å². The Hall–Kier alpha value is -2.91. The summed E-state index contributed by atoms with van der Waals surface area (Å²) in [6, 6.07) is 10.8. The summed E-state index contributed by atoms with van der Waals surface area (Å²) in [6.45, 7) is -0.449. The van der Waals surface area contributed by atoms with Crippen LogP contribution in [0.15, 0.2) is 36.4 Å². The Balaban J connectivity index is 2.21. The summed E-state index contributed by atoms with van der Waals surface area (Å²) in [7, 11) is 0. The molecule has 1 atom stereocenters. The Bertz CT molecular complexity index is 794. The Morgan fingerprint density at radius 2 is 1.90 bits per heavy atom. The number of rotatable bonds is 2. The first-order valence-corrected chi connectivity index (χ1v) is 6.34. The van der Waals surface area contributed by atoms with Crippen LogP contribution in [0.5, 0.6) is 0 Å². The predicted octanol–water partition coefficient (Wildman–Crippen LogP) is 1.13. The summed E-state index contributed by atoms with van der Waals surface area (Å²) in [5, 5.41) is 22.0. The maximum atomic E-state index is 12.2. The largest absolute Gasteiger partial charge is 0.394 e. The van der Waals surface area contributed by atoms with Crippen LogP contribution in [0.1, 0.15) is 5.56 Å². The fourth-order valence-corrected chi connectivity index (χ4v) is 2.46. The van der Waals surface area contributed by atoms with Crippen molar-refractivity contribution < 1.29 is 14.7 Å². The highest BCUT2D eigenvalue weighted by Crippen LogP contribution is 2.31. The molecule has 6 heteroatoms. The summed E-state index contributed by atoms with van der Waals surface area (Å²) in [4.78, 5) is 25.1. The molecule has 6 nitrogen and oxygen atoms in total. The number of carbonyl (C=O) groups is 2. The number of nitriles is 1. The maximum absolute atomic E-state index is 12.2. The first kappa shape index (κ1) is 13.1. The molecule has 0 bridgehead atoms. The highest BCUT2D eigenvalue weighted by Gasteiger charge is 2.39.